The summed E-state index contributed by atoms with van der Waals surface area (Å²) < 4.78 is 14.5. The van der Waals surface area contributed by atoms with Crippen molar-refractivity contribution in [3.05, 3.63) is 216 Å². The Morgan fingerprint density at radius 1 is 0.294 bits per heavy atom. The van der Waals surface area contributed by atoms with Crippen molar-refractivity contribution >= 4 is 121 Å². The summed E-state index contributed by atoms with van der Waals surface area (Å²) in [6, 6.07) is 71.3. The van der Waals surface area contributed by atoms with E-state index in [4.69, 9.17) is 8.83 Å². The molecular weight excluding hydrogens is 829 g/mol. The van der Waals surface area contributed by atoms with Crippen molar-refractivity contribution in [3.8, 4) is 0 Å². The van der Waals surface area contributed by atoms with E-state index >= 15 is 0 Å². The summed E-state index contributed by atoms with van der Waals surface area (Å²) in [6.07, 6.45) is 0. The van der Waals surface area contributed by atoms with Crippen molar-refractivity contribution in [3.63, 3.8) is 0 Å². The van der Waals surface area contributed by atoms with Gasteiger partial charge in [0.05, 0.1) is 34.1 Å². The van der Waals surface area contributed by atoms with Crippen molar-refractivity contribution in [1.29, 1.82) is 0 Å². The Morgan fingerprint density at radius 3 is 1.09 bits per heavy atom. The fraction of sp³-hybridized carbons (Fsp3) is 0.0938. The summed E-state index contributed by atoms with van der Waals surface area (Å²) in [5, 5.41) is 14.0. The molecule has 0 radical (unpaired) electrons. The lowest BCUT2D eigenvalue weighted by molar-refractivity contribution is 0.601. The Kier molecular flexibility index (Phi) is 7.33. The van der Waals surface area contributed by atoms with Crippen molar-refractivity contribution < 1.29 is 8.83 Å². The zero-order chi connectivity index (χ0) is 45.2. The minimum absolute atomic E-state index is 0.392. The van der Waals surface area contributed by atoms with Crippen molar-refractivity contribution in [2.75, 3.05) is 9.80 Å². The topological polar surface area (TPSA) is 32.8 Å². The second kappa shape index (κ2) is 13.2. The van der Waals surface area contributed by atoms with E-state index in [2.05, 4.69) is 232 Å². The molecule has 0 spiro atoms. The Morgan fingerprint density at radius 2 is 0.662 bits per heavy atom. The van der Waals surface area contributed by atoms with E-state index in [1.54, 1.807) is 0 Å². The van der Waals surface area contributed by atoms with Gasteiger partial charge in [-0.3, -0.25) is 0 Å². The molecular formula is C64H44N2O2. The molecule has 0 amide bonds. The molecule has 0 aliphatic carbocycles. The fourth-order valence-electron chi connectivity index (χ4n) is 12.4. The summed E-state index contributed by atoms with van der Waals surface area (Å²) in [5.74, 6) is 0. The Labute approximate surface area is 392 Å². The number of furan rings is 2. The Hall–Kier alpha value is -8.34. The first-order valence-electron chi connectivity index (χ1n) is 23.7. The average Bonchev–Trinajstić information content (AvgIpc) is 3.91. The van der Waals surface area contributed by atoms with Crippen LogP contribution in [0.15, 0.2) is 203 Å². The van der Waals surface area contributed by atoms with Gasteiger partial charge in [-0.1, -0.05) is 149 Å². The van der Waals surface area contributed by atoms with Crippen LogP contribution >= 0.6 is 0 Å². The van der Waals surface area contributed by atoms with E-state index in [0.717, 1.165) is 66.6 Å². The van der Waals surface area contributed by atoms with Gasteiger partial charge in [0, 0.05) is 54.3 Å². The lowest BCUT2D eigenvalue weighted by atomic mass is 9.72. The maximum atomic E-state index is 7.27. The van der Waals surface area contributed by atoms with Crippen LogP contribution in [0.25, 0.3) is 87.0 Å². The first-order chi connectivity index (χ1) is 33.2. The zero-order valence-electron chi connectivity index (χ0n) is 38.2. The third-order valence-corrected chi connectivity index (χ3v) is 15.7. The number of rotatable bonds is 2. The van der Waals surface area contributed by atoms with Crippen molar-refractivity contribution in [2.45, 2.75) is 38.5 Å². The minimum atomic E-state index is -0.392. The predicted octanol–water partition coefficient (Wildman–Crippen LogP) is 18.3. The predicted molar refractivity (Wildman–Crippen MR) is 285 cm³/mol. The van der Waals surface area contributed by atoms with E-state index in [1.165, 1.54) is 76.7 Å². The molecule has 322 valence electrons. The molecule has 2 aliphatic rings. The van der Waals surface area contributed by atoms with Crippen molar-refractivity contribution in [2.24, 2.45) is 0 Å². The van der Waals surface area contributed by atoms with E-state index in [-0.39, 0.29) is 0 Å². The summed E-state index contributed by atoms with van der Waals surface area (Å²) >= 11 is 0. The van der Waals surface area contributed by atoms with E-state index < -0.39 is 10.8 Å². The molecule has 11 aromatic carbocycles. The zero-order valence-corrected chi connectivity index (χ0v) is 38.2. The molecule has 0 unspecified atom stereocenters. The third kappa shape index (κ3) is 4.94. The Balaban J connectivity index is 0.971. The molecule has 2 aromatic heterocycles. The molecule has 0 N–H and O–H groups in total. The smallest absolute Gasteiger partial charge is 0.141 e. The molecule has 0 atom stereocenters. The van der Waals surface area contributed by atoms with Gasteiger partial charge in [0.25, 0.3) is 0 Å². The van der Waals surface area contributed by atoms with Crippen LogP contribution in [0, 0.1) is 0 Å². The van der Waals surface area contributed by atoms with Crippen LogP contribution in [0.3, 0.4) is 0 Å². The Bertz CT molecular complexity index is 4070. The molecule has 15 rings (SSSR count). The normalized spacial score (nSPS) is 14.9. The highest BCUT2D eigenvalue weighted by molar-refractivity contribution is 6.18. The number of anilines is 6. The third-order valence-electron chi connectivity index (χ3n) is 15.7. The second-order valence-electron chi connectivity index (χ2n) is 20.1. The SMILES string of the molecule is CC1(C)c2cc3ccccc3cc2N(c2cccc3ccccc23)c2ccc3c(oc4cc5c(cc43)oc3c4c(ccc35)N(c3cccc5ccccc35)c3cc5ccccc5cc3C4(C)C)c21. The summed E-state index contributed by atoms with van der Waals surface area (Å²) in [6.45, 7) is 9.44. The molecule has 0 fully saturated rings. The highest BCUT2D eigenvalue weighted by Gasteiger charge is 2.42. The number of hydrogen-bond acceptors (Lipinski definition) is 4. The van der Waals surface area contributed by atoms with Crippen LogP contribution in [0.1, 0.15) is 49.9 Å². The second-order valence-corrected chi connectivity index (χ2v) is 20.1. The van der Waals surface area contributed by atoms with Crippen LogP contribution in [-0.2, 0) is 10.8 Å². The number of fused-ring (bicyclic) bond motifs is 16. The van der Waals surface area contributed by atoms with Crippen LogP contribution in [0.5, 0.6) is 0 Å². The largest absolute Gasteiger partial charge is 0.456 e. The van der Waals surface area contributed by atoms with Gasteiger partial charge in [-0.25, -0.2) is 0 Å². The van der Waals surface area contributed by atoms with E-state index in [9.17, 15) is 0 Å². The van der Waals surface area contributed by atoms with E-state index in [1.807, 2.05) is 0 Å². The maximum Gasteiger partial charge on any atom is 0.141 e. The first kappa shape index (κ1) is 37.8. The molecule has 0 bridgehead atoms. The molecule has 0 saturated heterocycles. The van der Waals surface area contributed by atoms with Crippen LogP contribution in [0.2, 0.25) is 0 Å². The number of benzene rings is 11. The highest BCUT2D eigenvalue weighted by atomic mass is 16.3. The summed E-state index contributed by atoms with van der Waals surface area (Å²) in [7, 11) is 0. The van der Waals surface area contributed by atoms with Crippen LogP contribution < -0.4 is 9.80 Å². The molecule has 4 nitrogen and oxygen atoms in total. The molecule has 4 heteroatoms. The number of nitrogens with zero attached hydrogens (tertiary/aromatic N) is 2. The van der Waals surface area contributed by atoms with Crippen LogP contribution in [-0.4, -0.2) is 0 Å². The monoisotopic (exact) mass is 872 g/mol. The number of hydrogen-bond donors (Lipinski definition) is 0. The molecule has 4 heterocycles. The summed E-state index contributed by atoms with van der Waals surface area (Å²) in [5.41, 5.74) is 14.6. The van der Waals surface area contributed by atoms with Crippen molar-refractivity contribution in [1.82, 2.24) is 0 Å². The maximum absolute atomic E-state index is 7.27. The molecule has 68 heavy (non-hydrogen) atoms. The highest BCUT2D eigenvalue weighted by Crippen LogP contribution is 2.59. The van der Waals surface area contributed by atoms with Gasteiger partial charge in [-0.15, -0.1) is 0 Å². The standard InChI is InChI=1S/C64H44N2O2/c1-63(2)49-31-39-17-5-7-19-41(39)33-55(49)65(51-25-13-21-37-15-9-11-23-43(37)51)53-29-27-45-47-35-58-48(36-57(47)67-61(45)59(53)63)46-28-30-54-60(62(46)68-58)64(3,4)50-32-40-18-6-8-20-42(40)34-56(50)66(54)52-26-14-22-38-16-10-12-24-44(38)52/h5-36H,1-4H3. The van der Waals surface area contributed by atoms with Gasteiger partial charge in [-0.05, 0) is 116 Å². The lowest BCUT2D eigenvalue weighted by Crippen LogP contribution is -2.31. The van der Waals surface area contributed by atoms with E-state index in [0.29, 0.717) is 0 Å². The average molecular weight is 873 g/mol. The van der Waals surface area contributed by atoms with Gasteiger partial charge < -0.3 is 18.6 Å². The van der Waals surface area contributed by atoms with Gasteiger partial charge in [-0.2, -0.15) is 0 Å². The lowest BCUT2D eigenvalue weighted by Gasteiger charge is -2.42. The van der Waals surface area contributed by atoms with Gasteiger partial charge in [0.1, 0.15) is 22.3 Å². The van der Waals surface area contributed by atoms with Gasteiger partial charge in [0.2, 0.25) is 0 Å². The molecule has 2 aliphatic heterocycles. The molecule has 0 saturated carbocycles. The summed E-state index contributed by atoms with van der Waals surface area (Å²) in [4.78, 5) is 4.95. The van der Waals surface area contributed by atoms with Gasteiger partial charge >= 0.3 is 0 Å². The quantitative estimate of drug-likeness (QED) is 0.173. The first-order valence-corrected chi connectivity index (χ1v) is 23.7. The van der Waals surface area contributed by atoms with Crippen LogP contribution in [0.4, 0.5) is 34.1 Å². The fourth-order valence-corrected chi connectivity index (χ4v) is 12.4. The van der Waals surface area contributed by atoms with Gasteiger partial charge in [0.15, 0.2) is 0 Å². The molecule has 13 aromatic rings. The minimum Gasteiger partial charge on any atom is -0.456 e.